The molecule has 1 fully saturated rings. The van der Waals surface area contributed by atoms with E-state index in [1.54, 1.807) is 0 Å². The molecule has 190 valence electrons. The zero-order chi connectivity index (χ0) is 23.6. The molecule has 1 heterocycles. The van der Waals surface area contributed by atoms with Crippen LogP contribution >= 0.6 is 0 Å². The first-order valence-electron chi connectivity index (χ1n) is 13.0. The second-order valence-corrected chi connectivity index (χ2v) is 9.24. The van der Waals surface area contributed by atoms with E-state index >= 15 is 0 Å². The van der Waals surface area contributed by atoms with Crippen molar-refractivity contribution in [1.29, 1.82) is 0 Å². The quantitative estimate of drug-likeness (QED) is 0.219. The lowest BCUT2D eigenvalue weighted by atomic mass is 9.96. The van der Waals surface area contributed by atoms with Gasteiger partial charge in [-0.15, -0.1) is 0 Å². The molecule has 0 saturated carbocycles. The largest absolute Gasteiger partial charge is 0.394 e. The SMILES string of the molecule is CCCCCCCCCCCCCCCCCC(=O)N[C@H]1[C@@H](OC)O[C@H](CO)[C@@H](O)[C@@H]1O. The summed E-state index contributed by atoms with van der Waals surface area (Å²) in [4.78, 5) is 12.2. The molecule has 0 unspecified atom stereocenters. The third-order valence-corrected chi connectivity index (χ3v) is 6.45. The highest BCUT2D eigenvalue weighted by Gasteiger charge is 2.45. The van der Waals surface area contributed by atoms with Gasteiger partial charge in [0.1, 0.15) is 24.4 Å². The van der Waals surface area contributed by atoms with Gasteiger partial charge in [0.05, 0.1) is 6.61 Å². The topological polar surface area (TPSA) is 108 Å². The number of ether oxygens (including phenoxy) is 2. The smallest absolute Gasteiger partial charge is 0.220 e. The Morgan fingerprint density at radius 2 is 1.28 bits per heavy atom. The monoisotopic (exact) mass is 459 g/mol. The molecule has 0 aromatic rings. The van der Waals surface area contributed by atoms with Crippen LogP contribution in [0.3, 0.4) is 0 Å². The van der Waals surface area contributed by atoms with Gasteiger partial charge in [-0.1, -0.05) is 96.8 Å². The summed E-state index contributed by atoms with van der Waals surface area (Å²) in [5, 5.41) is 32.2. The van der Waals surface area contributed by atoms with Gasteiger partial charge in [-0.05, 0) is 6.42 Å². The second-order valence-electron chi connectivity index (χ2n) is 9.24. The maximum atomic E-state index is 12.2. The summed E-state index contributed by atoms with van der Waals surface area (Å²) in [6.07, 6.45) is 15.1. The molecular weight excluding hydrogens is 410 g/mol. The number of aliphatic hydroxyl groups excluding tert-OH is 3. The van der Waals surface area contributed by atoms with Crippen molar-refractivity contribution >= 4 is 5.91 Å². The average Bonchev–Trinajstić information content (AvgIpc) is 2.79. The summed E-state index contributed by atoms with van der Waals surface area (Å²) in [6, 6.07) is -0.860. The van der Waals surface area contributed by atoms with Crippen LogP contribution in [0.4, 0.5) is 0 Å². The third kappa shape index (κ3) is 11.9. The minimum absolute atomic E-state index is 0.191. The van der Waals surface area contributed by atoms with E-state index in [0.29, 0.717) is 6.42 Å². The van der Waals surface area contributed by atoms with E-state index in [1.165, 1.54) is 84.2 Å². The van der Waals surface area contributed by atoms with Gasteiger partial charge in [0.15, 0.2) is 6.29 Å². The van der Waals surface area contributed by atoms with Crippen LogP contribution in [0.2, 0.25) is 0 Å². The highest BCUT2D eigenvalue weighted by Crippen LogP contribution is 2.22. The van der Waals surface area contributed by atoms with Crippen molar-refractivity contribution in [2.75, 3.05) is 13.7 Å². The lowest BCUT2D eigenvalue weighted by Crippen LogP contribution is -2.64. The molecule has 1 amide bonds. The molecule has 0 bridgehead atoms. The molecule has 4 N–H and O–H groups in total. The predicted molar refractivity (Wildman–Crippen MR) is 126 cm³/mol. The van der Waals surface area contributed by atoms with Gasteiger partial charge in [0, 0.05) is 13.5 Å². The minimum atomic E-state index is -1.28. The van der Waals surface area contributed by atoms with E-state index in [1.807, 2.05) is 0 Å². The zero-order valence-electron chi connectivity index (χ0n) is 20.5. The molecule has 0 aromatic heterocycles. The van der Waals surface area contributed by atoms with Crippen molar-refractivity contribution in [2.24, 2.45) is 0 Å². The van der Waals surface area contributed by atoms with Gasteiger partial charge >= 0.3 is 0 Å². The van der Waals surface area contributed by atoms with Crippen LogP contribution in [0, 0.1) is 0 Å². The van der Waals surface area contributed by atoms with Gasteiger partial charge in [-0.3, -0.25) is 4.79 Å². The fraction of sp³-hybridized carbons (Fsp3) is 0.960. The fourth-order valence-electron chi connectivity index (χ4n) is 4.35. The summed E-state index contributed by atoms with van der Waals surface area (Å²) < 4.78 is 10.6. The maximum absolute atomic E-state index is 12.2. The molecular formula is C25H49NO6. The van der Waals surface area contributed by atoms with Crippen LogP contribution in [-0.4, -0.2) is 65.6 Å². The summed E-state index contributed by atoms with van der Waals surface area (Å²) >= 11 is 0. The van der Waals surface area contributed by atoms with Crippen molar-refractivity contribution in [2.45, 2.75) is 140 Å². The first kappa shape index (κ1) is 29.3. The van der Waals surface area contributed by atoms with Gasteiger partial charge in [0.2, 0.25) is 5.91 Å². The van der Waals surface area contributed by atoms with Crippen molar-refractivity contribution < 1.29 is 29.6 Å². The first-order chi connectivity index (χ1) is 15.5. The number of amides is 1. The van der Waals surface area contributed by atoms with E-state index in [2.05, 4.69) is 12.2 Å². The normalized spacial score (nSPS) is 25.7. The van der Waals surface area contributed by atoms with Gasteiger partial charge in [0.25, 0.3) is 0 Å². The molecule has 0 radical (unpaired) electrons. The number of hydrogen-bond acceptors (Lipinski definition) is 6. The second kappa shape index (κ2) is 18.7. The van der Waals surface area contributed by atoms with Crippen molar-refractivity contribution in [1.82, 2.24) is 5.32 Å². The third-order valence-electron chi connectivity index (χ3n) is 6.45. The maximum Gasteiger partial charge on any atom is 0.220 e. The number of hydrogen-bond donors (Lipinski definition) is 4. The number of carbonyl (C=O) groups excluding carboxylic acids is 1. The molecule has 0 aliphatic carbocycles. The molecule has 1 aliphatic heterocycles. The number of methoxy groups -OCH3 is 1. The Balaban J connectivity index is 2.00. The van der Waals surface area contributed by atoms with Gasteiger partial charge in [-0.2, -0.15) is 0 Å². The van der Waals surface area contributed by atoms with Crippen LogP contribution in [0.25, 0.3) is 0 Å². The lowest BCUT2D eigenvalue weighted by Gasteiger charge is -2.41. The Morgan fingerprint density at radius 1 is 0.812 bits per heavy atom. The average molecular weight is 460 g/mol. The first-order valence-corrected chi connectivity index (χ1v) is 13.0. The van der Waals surface area contributed by atoms with E-state index in [0.717, 1.165) is 19.3 Å². The number of nitrogens with one attached hydrogen (secondary N) is 1. The zero-order valence-corrected chi connectivity index (χ0v) is 20.5. The van der Waals surface area contributed by atoms with Crippen LogP contribution in [-0.2, 0) is 14.3 Å². The van der Waals surface area contributed by atoms with Crippen LogP contribution in [0.15, 0.2) is 0 Å². The highest BCUT2D eigenvalue weighted by atomic mass is 16.7. The summed E-state index contributed by atoms with van der Waals surface area (Å²) in [5.41, 5.74) is 0. The van der Waals surface area contributed by atoms with Crippen LogP contribution in [0.1, 0.15) is 110 Å². The van der Waals surface area contributed by atoms with Crippen molar-refractivity contribution in [3.05, 3.63) is 0 Å². The number of unbranched alkanes of at least 4 members (excludes halogenated alkanes) is 14. The molecule has 0 spiro atoms. The molecule has 0 aromatic carbocycles. The predicted octanol–water partition coefficient (Wildman–Crippen LogP) is 3.82. The van der Waals surface area contributed by atoms with Crippen LogP contribution in [0.5, 0.6) is 0 Å². The number of aliphatic hydroxyl groups is 3. The van der Waals surface area contributed by atoms with E-state index in [-0.39, 0.29) is 5.91 Å². The molecule has 32 heavy (non-hydrogen) atoms. The molecule has 1 aliphatic rings. The Labute approximate surface area is 195 Å². The van der Waals surface area contributed by atoms with Gasteiger partial charge in [-0.25, -0.2) is 0 Å². The van der Waals surface area contributed by atoms with Crippen molar-refractivity contribution in [3.63, 3.8) is 0 Å². The van der Waals surface area contributed by atoms with Crippen molar-refractivity contribution in [3.8, 4) is 0 Å². The number of rotatable bonds is 19. The highest BCUT2D eigenvalue weighted by molar-refractivity contribution is 5.76. The van der Waals surface area contributed by atoms with E-state index in [4.69, 9.17) is 9.47 Å². The molecule has 5 atom stereocenters. The molecule has 7 heteroatoms. The Bertz CT molecular complexity index is 462. The Kier molecular flexibility index (Phi) is 17.1. The fourth-order valence-corrected chi connectivity index (χ4v) is 4.35. The standard InChI is InChI=1S/C25H49NO6/c1-3-4-5-6-7-8-9-10-11-12-13-14-15-16-17-18-21(28)26-22-24(30)23(29)20(19-27)32-25(22)31-2/h20,22-25,27,29-30H,3-19H2,1-2H3,(H,26,28)/t20-,22-,23-,24-,25+/m1/s1. The molecule has 1 saturated heterocycles. The minimum Gasteiger partial charge on any atom is -0.394 e. The van der Waals surface area contributed by atoms with Gasteiger partial charge < -0.3 is 30.1 Å². The summed E-state index contributed by atoms with van der Waals surface area (Å²) in [6.45, 7) is 1.83. The van der Waals surface area contributed by atoms with E-state index < -0.39 is 37.3 Å². The molecule has 7 nitrogen and oxygen atoms in total. The summed E-state index contributed by atoms with van der Waals surface area (Å²) in [7, 11) is 1.40. The molecule has 1 rings (SSSR count). The summed E-state index contributed by atoms with van der Waals surface area (Å²) in [5.74, 6) is -0.191. The van der Waals surface area contributed by atoms with E-state index in [9.17, 15) is 20.1 Å². The lowest BCUT2D eigenvalue weighted by molar-refractivity contribution is -0.262. The Hall–Kier alpha value is -0.730. The Morgan fingerprint density at radius 3 is 1.72 bits per heavy atom. The van der Waals surface area contributed by atoms with Crippen LogP contribution < -0.4 is 5.32 Å². The number of carbonyl (C=O) groups is 1.